The Hall–Kier alpha value is 0.297. The molecule has 1 heterocycles. The molecule has 1 aromatic rings. The second kappa shape index (κ2) is 4.20. The fraction of sp³-hybridized carbons (Fsp3) is 0.333. The first-order chi connectivity index (χ1) is 3.43. The van der Waals surface area contributed by atoms with Crippen LogP contribution < -0.4 is 18.9 Å². The van der Waals surface area contributed by atoms with Crippen LogP contribution in [0.3, 0.4) is 0 Å². The molecule has 2 heteroatoms. The molecule has 0 saturated heterocycles. The van der Waals surface area contributed by atoms with Crippen LogP contribution in [-0.4, -0.2) is 0 Å². The predicted molar refractivity (Wildman–Crippen MR) is 32.5 cm³/mol. The number of rotatable bonds is 1. The number of hydrogen-bond donors (Lipinski definition) is 0. The van der Waals surface area contributed by atoms with Crippen LogP contribution in [-0.2, 0) is 6.42 Å². The normalized spacial score (nSPS) is 8.12. The van der Waals surface area contributed by atoms with Crippen molar-refractivity contribution in [3.63, 3.8) is 0 Å². The molecule has 0 atom stereocenters. The zero-order chi connectivity index (χ0) is 5.11. The van der Waals surface area contributed by atoms with Gasteiger partial charge < -0.3 is 11.3 Å². The van der Waals surface area contributed by atoms with E-state index in [1.54, 1.807) is 11.3 Å². The number of thiophene rings is 1. The number of hydrogen-bond acceptors (Lipinski definition) is 1. The Morgan fingerprint density at radius 3 is 2.75 bits per heavy atom. The summed E-state index contributed by atoms with van der Waals surface area (Å²) in [5.74, 6) is 0. The van der Waals surface area contributed by atoms with Crippen molar-refractivity contribution in [2.75, 3.05) is 0 Å². The molecule has 1 rings (SSSR count). The molecule has 0 aromatic carbocycles. The van der Waals surface area contributed by atoms with E-state index in [2.05, 4.69) is 17.7 Å². The van der Waals surface area contributed by atoms with Crippen molar-refractivity contribution in [3.05, 3.63) is 22.4 Å². The second-order valence-corrected chi connectivity index (χ2v) is 2.13. The van der Waals surface area contributed by atoms with Crippen LogP contribution in [0.5, 0.6) is 0 Å². The maximum absolute atomic E-state index is 3.02. The third-order valence-corrected chi connectivity index (χ3v) is 1.61. The van der Waals surface area contributed by atoms with Gasteiger partial charge in [-0.3, -0.25) is 0 Å². The molecule has 0 aliphatic rings. The Balaban J connectivity index is 0.000000490. The molecular weight excluding hydrogens is 111 g/mol. The summed E-state index contributed by atoms with van der Waals surface area (Å²) < 4.78 is 0. The van der Waals surface area contributed by atoms with Crippen LogP contribution in [0.15, 0.2) is 11.4 Å². The van der Waals surface area contributed by atoms with Gasteiger partial charge in [0.15, 0.2) is 0 Å². The molecule has 0 N–H and O–H groups in total. The van der Waals surface area contributed by atoms with Gasteiger partial charge >= 0.3 is 18.9 Å². The Kier molecular flexibility index (Phi) is 4.36. The maximum Gasteiger partial charge on any atom is 1.00 e. The van der Waals surface area contributed by atoms with Gasteiger partial charge in [-0.2, -0.15) is 17.0 Å². The first-order valence-electron chi connectivity index (χ1n) is 2.37. The van der Waals surface area contributed by atoms with Crippen LogP contribution in [0.2, 0.25) is 0 Å². The summed E-state index contributed by atoms with van der Waals surface area (Å²) >= 11 is 1.64. The van der Waals surface area contributed by atoms with E-state index in [0.717, 1.165) is 6.42 Å². The molecule has 0 spiro atoms. The third kappa shape index (κ3) is 2.04. The fourth-order valence-corrected chi connectivity index (χ4v) is 1.11. The zero-order valence-electron chi connectivity index (χ0n) is 5.27. The van der Waals surface area contributed by atoms with Crippen molar-refractivity contribution in [3.8, 4) is 0 Å². The van der Waals surface area contributed by atoms with Crippen molar-refractivity contribution < 1.29 is 18.9 Å². The molecule has 0 nitrogen and oxygen atoms in total. The standard InChI is InChI=1S/C6H7S.Li/c1-2-6-3-4-7-5-6;/h3,5H,2H2,1H3;/q-1;+1. The molecule has 0 radical (unpaired) electrons. The van der Waals surface area contributed by atoms with Gasteiger partial charge in [0.2, 0.25) is 0 Å². The minimum atomic E-state index is 0. The molecule has 0 saturated carbocycles. The predicted octanol–water partition coefficient (Wildman–Crippen LogP) is -0.885. The number of aryl methyl sites for hydroxylation is 1. The van der Waals surface area contributed by atoms with Crippen molar-refractivity contribution >= 4 is 11.3 Å². The van der Waals surface area contributed by atoms with E-state index in [0.29, 0.717) is 0 Å². The van der Waals surface area contributed by atoms with Gasteiger partial charge in [0.25, 0.3) is 0 Å². The average Bonchev–Trinajstić information content (AvgIpc) is 2.14. The summed E-state index contributed by atoms with van der Waals surface area (Å²) in [6.07, 6.45) is 1.14. The summed E-state index contributed by atoms with van der Waals surface area (Å²) in [7, 11) is 0. The minimum absolute atomic E-state index is 0. The Labute approximate surface area is 66.1 Å². The molecule has 0 aliphatic heterocycles. The van der Waals surface area contributed by atoms with E-state index in [1.165, 1.54) is 5.56 Å². The largest absolute Gasteiger partial charge is 1.00 e. The van der Waals surface area contributed by atoms with E-state index in [-0.39, 0.29) is 18.9 Å². The molecule has 8 heavy (non-hydrogen) atoms. The molecule has 0 fully saturated rings. The van der Waals surface area contributed by atoms with Gasteiger partial charge in [0, 0.05) is 0 Å². The van der Waals surface area contributed by atoms with Gasteiger partial charge in [-0.1, -0.05) is 13.3 Å². The van der Waals surface area contributed by atoms with E-state index in [1.807, 2.05) is 6.07 Å². The van der Waals surface area contributed by atoms with Crippen molar-refractivity contribution in [2.24, 2.45) is 0 Å². The summed E-state index contributed by atoms with van der Waals surface area (Å²) in [5, 5.41) is 5.15. The smallest absolute Gasteiger partial charge is 0.304 e. The summed E-state index contributed by atoms with van der Waals surface area (Å²) in [4.78, 5) is 0. The van der Waals surface area contributed by atoms with Crippen LogP contribution in [0, 0.1) is 5.38 Å². The molecular formula is C6H7LiS. The fourth-order valence-electron chi connectivity index (χ4n) is 0.439. The Morgan fingerprint density at radius 1 is 1.75 bits per heavy atom. The first-order valence-corrected chi connectivity index (χ1v) is 3.25. The monoisotopic (exact) mass is 118 g/mol. The summed E-state index contributed by atoms with van der Waals surface area (Å²) in [6, 6.07) is 2.03. The molecule has 38 valence electrons. The van der Waals surface area contributed by atoms with Gasteiger partial charge in [0.05, 0.1) is 0 Å². The van der Waals surface area contributed by atoms with Crippen LogP contribution in [0.4, 0.5) is 0 Å². The van der Waals surface area contributed by atoms with E-state index in [4.69, 9.17) is 0 Å². The molecule has 0 bridgehead atoms. The van der Waals surface area contributed by atoms with Crippen LogP contribution in [0.1, 0.15) is 12.5 Å². The quantitative estimate of drug-likeness (QED) is 0.331. The first kappa shape index (κ1) is 8.30. The second-order valence-electron chi connectivity index (χ2n) is 1.43. The molecule has 0 amide bonds. The minimum Gasteiger partial charge on any atom is -0.304 e. The average molecular weight is 118 g/mol. The topological polar surface area (TPSA) is 0 Å². The van der Waals surface area contributed by atoms with Crippen molar-refractivity contribution in [1.82, 2.24) is 0 Å². The maximum atomic E-state index is 3.02. The van der Waals surface area contributed by atoms with Crippen LogP contribution in [0.25, 0.3) is 0 Å². The van der Waals surface area contributed by atoms with Gasteiger partial charge in [-0.05, 0) is 0 Å². The van der Waals surface area contributed by atoms with E-state index >= 15 is 0 Å². The van der Waals surface area contributed by atoms with E-state index < -0.39 is 0 Å². The molecule has 1 aromatic heterocycles. The third-order valence-electron chi connectivity index (χ3n) is 0.931. The van der Waals surface area contributed by atoms with Gasteiger partial charge in [0.1, 0.15) is 0 Å². The Morgan fingerprint density at radius 2 is 2.50 bits per heavy atom. The van der Waals surface area contributed by atoms with Crippen molar-refractivity contribution in [1.29, 1.82) is 0 Å². The summed E-state index contributed by atoms with van der Waals surface area (Å²) in [5.41, 5.74) is 1.39. The SMILES string of the molecule is CCc1c[c-]sc1.[Li+]. The van der Waals surface area contributed by atoms with Crippen molar-refractivity contribution in [2.45, 2.75) is 13.3 Å². The molecule has 0 unspecified atom stereocenters. The van der Waals surface area contributed by atoms with Crippen LogP contribution >= 0.6 is 11.3 Å². The molecule has 0 aliphatic carbocycles. The van der Waals surface area contributed by atoms with E-state index in [9.17, 15) is 0 Å². The van der Waals surface area contributed by atoms with Gasteiger partial charge in [-0.25, -0.2) is 0 Å². The Bertz CT molecular complexity index is 123. The zero-order valence-corrected chi connectivity index (χ0v) is 6.09. The van der Waals surface area contributed by atoms with Gasteiger partial charge in [-0.15, -0.1) is 5.38 Å². The summed E-state index contributed by atoms with van der Waals surface area (Å²) in [6.45, 7) is 2.15.